The quantitative estimate of drug-likeness (QED) is 0.133. The second-order valence-electron chi connectivity index (χ2n) is 14.0. The molecular formula is C51H32N4. The minimum absolute atomic E-state index is 0.628. The van der Waals surface area contributed by atoms with E-state index < -0.39 is 0 Å². The number of benzene rings is 9. The Bertz CT molecular complexity index is 3260. The first kappa shape index (κ1) is 31.1. The smallest absolute Gasteiger partial charge is 0.165 e. The Balaban J connectivity index is 1.16. The number of hydrogen-bond donors (Lipinski definition) is 0. The van der Waals surface area contributed by atoms with Crippen LogP contribution in [0.1, 0.15) is 0 Å². The Morgan fingerprint density at radius 1 is 0.327 bits per heavy atom. The van der Waals surface area contributed by atoms with Gasteiger partial charge in [0, 0.05) is 38.7 Å². The summed E-state index contributed by atoms with van der Waals surface area (Å²) < 4.78 is 2.39. The van der Waals surface area contributed by atoms with Crippen LogP contribution in [0.4, 0.5) is 0 Å². The SMILES string of the molecule is c1ccc(-c2nc(-c3cccc(-c4cccc5c6ccccc6n(-c6ccccc6)c45)c3)nc(-c3c4ccccc4cc4c3ccc3ccccc34)n2)cc1. The van der Waals surface area contributed by atoms with Crippen molar-refractivity contribution in [3.05, 3.63) is 194 Å². The lowest BCUT2D eigenvalue weighted by Gasteiger charge is -2.15. The third kappa shape index (κ3) is 5.11. The van der Waals surface area contributed by atoms with Crippen molar-refractivity contribution in [2.24, 2.45) is 0 Å². The van der Waals surface area contributed by atoms with Crippen LogP contribution in [-0.2, 0) is 0 Å². The van der Waals surface area contributed by atoms with Gasteiger partial charge in [0.1, 0.15) is 0 Å². The van der Waals surface area contributed by atoms with Gasteiger partial charge in [0.05, 0.1) is 11.0 Å². The Morgan fingerprint density at radius 2 is 0.927 bits per heavy atom. The highest BCUT2D eigenvalue weighted by Gasteiger charge is 2.20. The van der Waals surface area contributed by atoms with Gasteiger partial charge in [0.15, 0.2) is 17.5 Å². The zero-order valence-corrected chi connectivity index (χ0v) is 29.8. The molecule has 4 nitrogen and oxygen atoms in total. The van der Waals surface area contributed by atoms with Crippen LogP contribution in [0.5, 0.6) is 0 Å². The molecule has 0 saturated carbocycles. The number of para-hydroxylation sites is 3. The van der Waals surface area contributed by atoms with Crippen LogP contribution in [0, 0.1) is 0 Å². The molecule has 55 heavy (non-hydrogen) atoms. The van der Waals surface area contributed by atoms with Crippen LogP contribution in [-0.4, -0.2) is 19.5 Å². The van der Waals surface area contributed by atoms with E-state index in [9.17, 15) is 0 Å². The molecule has 0 bridgehead atoms. The van der Waals surface area contributed by atoms with Crippen molar-refractivity contribution in [3.8, 4) is 51.0 Å². The third-order valence-corrected chi connectivity index (χ3v) is 10.8. The fraction of sp³-hybridized carbons (Fsp3) is 0. The van der Waals surface area contributed by atoms with Crippen molar-refractivity contribution >= 4 is 54.1 Å². The van der Waals surface area contributed by atoms with Gasteiger partial charge in [0.25, 0.3) is 0 Å². The molecule has 0 aliphatic carbocycles. The molecule has 256 valence electrons. The van der Waals surface area contributed by atoms with Crippen molar-refractivity contribution in [1.29, 1.82) is 0 Å². The molecule has 2 aromatic heterocycles. The lowest BCUT2D eigenvalue weighted by atomic mass is 9.93. The van der Waals surface area contributed by atoms with Gasteiger partial charge in [-0.1, -0.05) is 164 Å². The van der Waals surface area contributed by atoms with Crippen LogP contribution in [0.25, 0.3) is 105 Å². The minimum Gasteiger partial charge on any atom is -0.309 e. The molecule has 0 unspecified atom stereocenters. The van der Waals surface area contributed by atoms with E-state index in [1.165, 1.54) is 38.0 Å². The lowest BCUT2D eigenvalue weighted by Crippen LogP contribution is -2.01. The summed E-state index contributed by atoms with van der Waals surface area (Å²) >= 11 is 0. The summed E-state index contributed by atoms with van der Waals surface area (Å²) in [6.07, 6.45) is 0. The normalized spacial score (nSPS) is 11.6. The summed E-state index contributed by atoms with van der Waals surface area (Å²) in [5, 5.41) is 9.40. The maximum absolute atomic E-state index is 5.35. The largest absolute Gasteiger partial charge is 0.309 e. The maximum Gasteiger partial charge on any atom is 0.165 e. The molecule has 0 aliphatic heterocycles. The monoisotopic (exact) mass is 700 g/mol. The van der Waals surface area contributed by atoms with E-state index in [1.54, 1.807) is 0 Å². The molecule has 9 aromatic carbocycles. The Kier molecular flexibility index (Phi) is 7.14. The molecule has 11 aromatic rings. The summed E-state index contributed by atoms with van der Waals surface area (Å²) in [7, 11) is 0. The van der Waals surface area contributed by atoms with Crippen molar-refractivity contribution in [3.63, 3.8) is 0 Å². The maximum atomic E-state index is 5.35. The predicted molar refractivity (Wildman–Crippen MR) is 228 cm³/mol. The van der Waals surface area contributed by atoms with Crippen LogP contribution < -0.4 is 0 Å². The summed E-state index contributed by atoms with van der Waals surface area (Å²) in [4.78, 5) is 15.8. The van der Waals surface area contributed by atoms with Gasteiger partial charge >= 0.3 is 0 Å². The topological polar surface area (TPSA) is 43.6 Å². The third-order valence-electron chi connectivity index (χ3n) is 10.8. The molecule has 0 amide bonds. The van der Waals surface area contributed by atoms with Gasteiger partial charge in [-0.15, -0.1) is 0 Å². The fourth-order valence-corrected chi connectivity index (χ4v) is 8.32. The van der Waals surface area contributed by atoms with Gasteiger partial charge < -0.3 is 4.57 Å². The average Bonchev–Trinajstić information content (AvgIpc) is 3.61. The van der Waals surface area contributed by atoms with Crippen molar-refractivity contribution < 1.29 is 0 Å². The van der Waals surface area contributed by atoms with Crippen molar-refractivity contribution in [1.82, 2.24) is 19.5 Å². The highest BCUT2D eigenvalue weighted by atomic mass is 15.0. The van der Waals surface area contributed by atoms with E-state index in [0.29, 0.717) is 17.5 Å². The highest BCUT2D eigenvalue weighted by molar-refractivity contribution is 6.19. The summed E-state index contributed by atoms with van der Waals surface area (Å²) in [6.45, 7) is 0. The van der Waals surface area contributed by atoms with E-state index in [2.05, 4.69) is 180 Å². The zero-order chi connectivity index (χ0) is 36.3. The lowest BCUT2D eigenvalue weighted by molar-refractivity contribution is 1.08. The highest BCUT2D eigenvalue weighted by Crippen LogP contribution is 2.41. The number of aromatic nitrogens is 4. The number of fused-ring (bicyclic) bond motifs is 7. The second kappa shape index (κ2) is 12.6. The Morgan fingerprint density at radius 3 is 1.76 bits per heavy atom. The second-order valence-corrected chi connectivity index (χ2v) is 14.0. The van der Waals surface area contributed by atoms with Gasteiger partial charge in [-0.05, 0) is 68.2 Å². The minimum atomic E-state index is 0.628. The molecule has 4 heteroatoms. The van der Waals surface area contributed by atoms with Crippen LogP contribution in [0.3, 0.4) is 0 Å². The van der Waals surface area contributed by atoms with E-state index >= 15 is 0 Å². The molecule has 11 rings (SSSR count). The summed E-state index contributed by atoms with van der Waals surface area (Å²) in [5.41, 5.74) is 8.58. The van der Waals surface area contributed by atoms with Gasteiger partial charge in [-0.2, -0.15) is 0 Å². The molecule has 0 atom stereocenters. The molecule has 0 spiro atoms. The molecule has 0 N–H and O–H groups in total. The van der Waals surface area contributed by atoms with Gasteiger partial charge in [0.2, 0.25) is 0 Å². The summed E-state index contributed by atoms with van der Waals surface area (Å²) in [5.74, 6) is 1.92. The molecule has 0 aliphatic rings. The first-order valence-electron chi connectivity index (χ1n) is 18.6. The Labute approximate surface area is 317 Å². The molecular weight excluding hydrogens is 669 g/mol. The zero-order valence-electron chi connectivity index (χ0n) is 29.8. The molecule has 0 saturated heterocycles. The first-order chi connectivity index (χ1) is 27.3. The van der Waals surface area contributed by atoms with Crippen LogP contribution in [0.2, 0.25) is 0 Å². The predicted octanol–water partition coefficient (Wildman–Crippen LogP) is 13.1. The fourth-order valence-electron chi connectivity index (χ4n) is 8.32. The number of hydrogen-bond acceptors (Lipinski definition) is 3. The molecule has 0 fully saturated rings. The van der Waals surface area contributed by atoms with E-state index in [0.717, 1.165) is 49.7 Å². The van der Waals surface area contributed by atoms with Gasteiger partial charge in [-0.3, -0.25) is 0 Å². The Hall–Kier alpha value is -7.43. The average molecular weight is 701 g/mol. The van der Waals surface area contributed by atoms with E-state index in [4.69, 9.17) is 15.0 Å². The number of rotatable bonds is 5. The van der Waals surface area contributed by atoms with Crippen molar-refractivity contribution in [2.75, 3.05) is 0 Å². The molecule has 0 radical (unpaired) electrons. The van der Waals surface area contributed by atoms with Crippen LogP contribution in [0.15, 0.2) is 194 Å². The van der Waals surface area contributed by atoms with E-state index in [-0.39, 0.29) is 0 Å². The van der Waals surface area contributed by atoms with E-state index in [1.807, 2.05) is 18.2 Å². The van der Waals surface area contributed by atoms with Crippen molar-refractivity contribution in [2.45, 2.75) is 0 Å². The standard InChI is InChI=1S/C51H32N4/c1-3-16-34(17-4-1)49-52-50(54-51(53-49)47-40-24-10-8-18-36(40)32-45-39-23-9-7-15-33(39)29-30-43(45)47)37-20-13-19-35(31-37)41-26-14-27-44-42-25-11-12-28-46(42)55(48(41)44)38-21-5-2-6-22-38/h1-32H. The van der Waals surface area contributed by atoms with Gasteiger partial charge in [-0.25, -0.2) is 15.0 Å². The molecule has 2 heterocycles. The van der Waals surface area contributed by atoms with Crippen LogP contribution >= 0.6 is 0 Å². The first-order valence-corrected chi connectivity index (χ1v) is 18.6. The number of nitrogens with zero attached hydrogens (tertiary/aromatic N) is 4. The summed E-state index contributed by atoms with van der Waals surface area (Å²) in [6, 6.07) is 68.6.